The van der Waals surface area contributed by atoms with Gasteiger partial charge >= 0.3 is 11.8 Å². The number of para-hydroxylation sites is 1. The Hall–Kier alpha value is -2.62. The van der Waals surface area contributed by atoms with Crippen LogP contribution in [-0.2, 0) is 16.0 Å². The monoisotopic (exact) mass is 324 g/mol. The van der Waals surface area contributed by atoms with Crippen LogP contribution in [0.4, 0.5) is 11.4 Å². The summed E-state index contributed by atoms with van der Waals surface area (Å²) in [5.74, 6) is -0.906. The van der Waals surface area contributed by atoms with Gasteiger partial charge in [-0.2, -0.15) is 0 Å². The Morgan fingerprint density at radius 1 is 0.958 bits per heavy atom. The number of anilines is 2. The van der Waals surface area contributed by atoms with E-state index in [1.165, 1.54) is 5.56 Å². The summed E-state index contributed by atoms with van der Waals surface area (Å²) in [4.78, 5) is 24.3. The van der Waals surface area contributed by atoms with Crippen LogP contribution in [0.5, 0.6) is 0 Å². The predicted molar refractivity (Wildman–Crippen MR) is 98.3 cm³/mol. The van der Waals surface area contributed by atoms with Gasteiger partial charge in [-0.25, -0.2) is 0 Å². The number of carbonyl (C=O) groups is 2. The molecule has 2 aromatic carbocycles. The molecule has 0 aliphatic rings. The van der Waals surface area contributed by atoms with Crippen molar-refractivity contribution in [2.75, 3.05) is 10.6 Å². The molecule has 0 saturated heterocycles. The van der Waals surface area contributed by atoms with Crippen molar-refractivity contribution in [2.45, 2.75) is 40.0 Å². The van der Waals surface area contributed by atoms with Gasteiger partial charge in [-0.15, -0.1) is 0 Å². The van der Waals surface area contributed by atoms with Gasteiger partial charge in [0.05, 0.1) is 0 Å². The highest BCUT2D eigenvalue weighted by atomic mass is 16.2. The standard InChI is InChI=1S/C20H24N2O2/c1-5-15-8-6-7-14(4)18(15)22-20(24)19(23)21-17-11-9-16(10-12-17)13(2)3/h6-13H,5H2,1-4H3,(H,21,23)(H,22,24). The summed E-state index contributed by atoms with van der Waals surface area (Å²) in [6.07, 6.45) is 0.787. The average molecular weight is 324 g/mol. The van der Waals surface area contributed by atoms with Crippen molar-refractivity contribution in [3.63, 3.8) is 0 Å². The van der Waals surface area contributed by atoms with Gasteiger partial charge in [-0.3, -0.25) is 9.59 Å². The van der Waals surface area contributed by atoms with Crippen LogP contribution in [0.15, 0.2) is 42.5 Å². The molecule has 2 amide bonds. The molecule has 0 aromatic heterocycles. The first-order valence-corrected chi connectivity index (χ1v) is 8.23. The Morgan fingerprint density at radius 3 is 2.17 bits per heavy atom. The summed E-state index contributed by atoms with van der Waals surface area (Å²) in [5.41, 5.74) is 4.47. The van der Waals surface area contributed by atoms with Gasteiger partial charge in [0.15, 0.2) is 0 Å². The highest BCUT2D eigenvalue weighted by Crippen LogP contribution is 2.21. The predicted octanol–water partition coefficient (Wildman–Crippen LogP) is 4.26. The van der Waals surface area contributed by atoms with Gasteiger partial charge in [0, 0.05) is 11.4 Å². The molecule has 2 rings (SSSR count). The van der Waals surface area contributed by atoms with E-state index in [2.05, 4.69) is 24.5 Å². The second-order valence-electron chi connectivity index (χ2n) is 6.15. The van der Waals surface area contributed by atoms with Gasteiger partial charge in [0.25, 0.3) is 0 Å². The molecule has 126 valence electrons. The lowest BCUT2D eigenvalue weighted by Crippen LogP contribution is -2.29. The van der Waals surface area contributed by atoms with Crippen LogP contribution < -0.4 is 10.6 Å². The van der Waals surface area contributed by atoms with Crippen LogP contribution in [0.25, 0.3) is 0 Å². The molecule has 0 unspecified atom stereocenters. The second kappa shape index (κ2) is 7.77. The molecule has 0 heterocycles. The molecule has 24 heavy (non-hydrogen) atoms. The molecule has 4 heteroatoms. The van der Waals surface area contributed by atoms with E-state index in [-0.39, 0.29) is 0 Å². The maximum Gasteiger partial charge on any atom is 0.314 e. The van der Waals surface area contributed by atoms with Crippen molar-refractivity contribution in [1.82, 2.24) is 0 Å². The fourth-order valence-corrected chi connectivity index (χ4v) is 2.51. The first kappa shape index (κ1) is 17.7. The maximum absolute atomic E-state index is 12.2. The van der Waals surface area contributed by atoms with Crippen LogP contribution in [0, 0.1) is 6.92 Å². The van der Waals surface area contributed by atoms with E-state index >= 15 is 0 Å². The number of hydrogen-bond donors (Lipinski definition) is 2. The molecule has 2 N–H and O–H groups in total. The zero-order chi connectivity index (χ0) is 17.7. The van der Waals surface area contributed by atoms with E-state index in [1.54, 1.807) is 0 Å². The first-order valence-electron chi connectivity index (χ1n) is 8.23. The van der Waals surface area contributed by atoms with Crippen LogP contribution in [0.1, 0.15) is 43.4 Å². The number of nitrogens with one attached hydrogen (secondary N) is 2. The Balaban J connectivity index is 2.06. The quantitative estimate of drug-likeness (QED) is 0.826. The number of aryl methyl sites for hydroxylation is 2. The fourth-order valence-electron chi connectivity index (χ4n) is 2.51. The van der Waals surface area contributed by atoms with Crippen LogP contribution in [0.2, 0.25) is 0 Å². The highest BCUT2D eigenvalue weighted by Gasteiger charge is 2.16. The number of amides is 2. The van der Waals surface area contributed by atoms with Gasteiger partial charge < -0.3 is 10.6 Å². The lowest BCUT2D eigenvalue weighted by atomic mass is 10.0. The van der Waals surface area contributed by atoms with Gasteiger partial charge in [0.1, 0.15) is 0 Å². The zero-order valence-corrected chi connectivity index (χ0v) is 14.6. The van der Waals surface area contributed by atoms with E-state index in [9.17, 15) is 9.59 Å². The topological polar surface area (TPSA) is 58.2 Å². The molecule has 0 aliphatic carbocycles. The van der Waals surface area contributed by atoms with Gasteiger partial charge in [-0.05, 0) is 48.1 Å². The van der Waals surface area contributed by atoms with Gasteiger partial charge in [0.2, 0.25) is 0 Å². The smallest absolute Gasteiger partial charge is 0.314 e. The van der Waals surface area contributed by atoms with Crippen LogP contribution in [0.3, 0.4) is 0 Å². The minimum atomic E-state index is -0.669. The van der Waals surface area contributed by atoms with E-state index in [0.29, 0.717) is 11.6 Å². The SMILES string of the molecule is CCc1cccc(C)c1NC(=O)C(=O)Nc1ccc(C(C)C)cc1. The van der Waals surface area contributed by atoms with Gasteiger partial charge in [-0.1, -0.05) is 51.1 Å². The molecule has 0 aliphatic heterocycles. The van der Waals surface area contributed by atoms with E-state index in [4.69, 9.17) is 0 Å². The summed E-state index contributed by atoms with van der Waals surface area (Å²) in [6, 6.07) is 13.3. The third-order valence-corrected chi connectivity index (χ3v) is 4.02. The van der Waals surface area contributed by atoms with Crippen molar-refractivity contribution < 1.29 is 9.59 Å². The molecule has 0 fully saturated rings. The molecule has 0 saturated carbocycles. The Bertz CT molecular complexity index is 734. The summed E-state index contributed by atoms with van der Waals surface area (Å²) in [7, 11) is 0. The Labute approximate surface area is 143 Å². The molecule has 0 radical (unpaired) electrons. The molecular formula is C20H24N2O2. The normalized spacial score (nSPS) is 10.5. The summed E-state index contributed by atoms with van der Waals surface area (Å²) < 4.78 is 0. The van der Waals surface area contributed by atoms with Crippen molar-refractivity contribution in [2.24, 2.45) is 0 Å². The molecule has 0 spiro atoms. The summed E-state index contributed by atoms with van der Waals surface area (Å²) in [6.45, 7) is 8.14. The zero-order valence-electron chi connectivity index (χ0n) is 14.6. The van der Waals surface area contributed by atoms with Crippen LogP contribution in [-0.4, -0.2) is 11.8 Å². The molecular weight excluding hydrogens is 300 g/mol. The largest absolute Gasteiger partial charge is 0.318 e. The number of hydrogen-bond acceptors (Lipinski definition) is 2. The minimum Gasteiger partial charge on any atom is -0.318 e. The van der Waals surface area contributed by atoms with E-state index in [1.807, 2.05) is 56.3 Å². The van der Waals surface area contributed by atoms with Crippen LogP contribution >= 0.6 is 0 Å². The van der Waals surface area contributed by atoms with E-state index < -0.39 is 11.8 Å². The average Bonchev–Trinajstić information content (AvgIpc) is 2.57. The minimum absolute atomic E-state index is 0.423. The lowest BCUT2D eigenvalue weighted by Gasteiger charge is -2.13. The molecule has 0 atom stereocenters. The molecule has 0 bridgehead atoms. The Kier molecular flexibility index (Phi) is 5.74. The number of carbonyl (C=O) groups excluding carboxylic acids is 2. The number of benzene rings is 2. The lowest BCUT2D eigenvalue weighted by molar-refractivity contribution is -0.133. The van der Waals surface area contributed by atoms with Crippen molar-refractivity contribution in [3.8, 4) is 0 Å². The van der Waals surface area contributed by atoms with Crippen molar-refractivity contribution in [1.29, 1.82) is 0 Å². The van der Waals surface area contributed by atoms with Crippen molar-refractivity contribution >= 4 is 23.2 Å². The summed E-state index contributed by atoms with van der Waals surface area (Å²) >= 11 is 0. The molecule has 2 aromatic rings. The number of rotatable bonds is 4. The molecule has 4 nitrogen and oxygen atoms in total. The first-order chi connectivity index (χ1) is 11.4. The Morgan fingerprint density at radius 2 is 1.58 bits per heavy atom. The second-order valence-corrected chi connectivity index (χ2v) is 6.15. The third kappa shape index (κ3) is 4.22. The summed E-state index contributed by atoms with van der Waals surface area (Å²) in [5, 5.41) is 5.36. The third-order valence-electron chi connectivity index (χ3n) is 4.02. The van der Waals surface area contributed by atoms with E-state index in [0.717, 1.165) is 23.2 Å². The highest BCUT2D eigenvalue weighted by molar-refractivity contribution is 6.43. The fraction of sp³-hybridized carbons (Fsp3) is 0.300. The van der Waals surface area contributed by atoms with Crippen molar-refractivity contribution in [3.05, 3.63) is 59.2 Å². The maximum atomic E-state index is 12.2.